The number of alkyl halides is 3. The molecule has 0 aromatic heterocycles. The van der Waals surface area contributed by atoms with Gasteiger partial charge in [-0.2, -0.15) is 13.2 Å². The van der Waals surface area contributed by atoms with Gasteiger partial charge in [-0.1, -0.05) is 33.6 Å². The molecule has 18 heavy (non-hydrogen) atoms. The molecular weight excluding hydrogens is 245 g/mol. The van der Waals surface area contributed by atoms with Crippen LogP contribution < -0.4 is 5.73 Å². The second-order valence-corrected chi connectivity index (χ2v) is 4.64. The summed E-state index contributed by atoms with van der Waals surface area (Å²) < 4.78 is 37.2. The Balaban J connectivity index is 4.68. The molecule has 0 aromatic carbocycles. The molecule has 0 heterocycles. The fraction of sp³-hybridized carbons (Fsp3) is 0.917. The summed E-state index contributed by atoms with van der Waals surface area (Å²) in [5.74, 6) is -0.718. The zero-order valence-electron chi connectivity index (χ0n) is 11.3. The van der Waals surface area contributed by atoms with Crippen LogP contribution >= 0.6 is 0 Å². The SMILES string of the molecule is CCCCN(CC(F)(F)F)C(=O)C(N)C(C)CC. The first-order chi connectivity index (χ1) is 8.22. The Morgan fingerprint density at radius 2 is 1.89 bits per heavy atom. The quantitative estimate of drug-likeness (QED) is 0.771. The Bertz CT molecular complexity index is 256. The van der Waals surface area contributed by atoms with Gasteiger partial charge in [0.1, 0.15) is 6.54 Å². The van der Waals surface area contributed by atoms with Gasteiger partial charge in [0.2, 0.25) is 5.91 Å². The molecule has 0 aliphatic carbocycles. The van der Waals surface area contributed by atoms with Gasteiger partial charge in [-0.25, -0.2) is 0 Å². The lowest BCUT2D eigenvalue weighted by molar-refractivity contribution is -0.162. The molecule has 0 saturated heterocycles. The van der Waals surface area contributed by atoms with Crippen LogP contribution in [0.2, 0.25) is 0 Å². The van der Waals surface area contributed by atoms with Gasteiger partial charge in [-0.15, -0.1) is 0 Å². The molecule has 108 valence electrons. The maximum absolute atomic E-state index is 12.4. The molecule has 0 rings (SSSR count). The third kappa shape index (κ3) is 6.23. The molecule has 1 amide bonds. The highest BCUT2D eigenvalue weighted by molar-refractivity contribution is 5.82. The Morgan fingerprint density at radius 3 is 2.28 bits per heavy atom. The van der Waals surface area contributed by atoms with Crippen molar-refractivity contribution < 1.29 is 18.0 Å². The second kappa shape index (κ2) is 7.61. The smallest absolute Gasteiger partial charge is 0.332 e. The molecule has 6 heteroatoms. The fourth-order valence-corrected chi connectivity index (χ4v) is 1.54. The predicted molar refractivity (Wildman–Crippen MR) is 65.0 cm³/mol. The van der Waals surface area contributed by atoms with Gasteiger partial charge in [-0.3, -0.25) is 4.79 Å². The van der Waals surface area contributed by atoms with E-state index < -0.39 is 24.7 Å². The summed E-state index contributed by atoms with van der Waals surface area (Å²) in [6, 6.07) is -0.853. The number of carbonyl (C=O) groups excluding carboxylic acids is 1. The average molecular weight is 268 g/mol. The van der Waals surface area contributed by atoms with E-state index in [1.165, 1.54) is 0 Å². The van der Waals surface area contributed by atoms with Crippen LogP contribution in [0.1, 0.15) is 40.0 Å². The average Bonchev–Trinajstić information content (AvgIpc) is 2.30. The molecule has 0 bridgehead atoms. The molecule has 2 atom stereocenters. The number of carbonyl (C=O) groups is 1. The molecular formula is C12H23F3N2O. The van der Waals surface area contributed by atoms with Gasteiger partial charge in [0.15, 0.2) is 0 Å². The first-order valence-electron chi connectivity index (χ1n) is 6.34. The van der Waals surface area contributed by atoms with Crippen LogP contribution in [0.15, 0.2) is 0 Å². The molecule has 3 nitrogen and oxygen atoms in total. The van der Waals surface area contributed by atoms with Crippen LogP contribution in [0.25, 0.3) is 0 Å². The number of nitrogens with zero attached hydrogens (tertiary/aromatic N) is 1. The molecule has 0 aromatic rings. The monoisotopic (exact) mass is 268 g/mol. The topological polar surface area (TPSA) is 46.3 Å². The molecule has 0 radical (unpaired) electrons. The van der Waals surface area contributed by atoms with Gasteiger partial charge in [0.25, 0.3) is 0 Å². The summed E-state index contributed by atoms with van der Waals surface area (Å²) in [7, 11) is 0. The van der Waals surface area contributed by atoms with Crippen molar-refractivity contribution in [3.63, 3.8) is 0 Å². The lowest BCUT2D eigenvalue weighted by atomic mass is 9.99. The van der Waals surface area contributed by atoms with Gasteiger partial charge in [0, 0.05) is 6.54 Å². The second-order valence-electron chi connectivity index (χ2n) is 4.64. The lowest BCUT2D eigenvalue weighted by Crippen LogP contribution is -2.50. The maximum Gasteiger partial charge on any atom is 0.406 e. The number of hydrogen-bond acceptors (Lipinski definition) is 2. The normalized spacial score (nSPS) is 15.3. The zero-order chi connectivity index (χ0) is 14.3. The van der Waals surface area contributed by atoms with E-state index in [9.17, 15) is 18.0 Å². The van der Waals surface area contributed by atoms with E-state index in [1.54, 1.807) is 6.92 Å². The van der Waals surface area contributed by atoms with Gasteiger partial charge in [-0.05, 0) is 12.3 Å². The first-order valence-corrected chi connectivity index (χ1v) is 6.34. The van der Waals surface area contributed by atoms with Crippen LogP contribution in [0.5, 0.6) is 0 Å². The van der Waals surface area contributed by atoms with Crippen molar-refractivity contribution >= 4 is 5.91 Å². The number of hydrogen-bond donors (Lipinski definition) is 1. The van der Waals surface area contributed by atoms with Gasteiger partial charge >= 0.3 is 6.18 Å². The fourth-order valence-electron chi connectivity index (χ4n) is 1.54. The molecule has 0 fully saturated rings. The van der Waals surface area contributed by atoms with E-state index in [-0.39, 0.29) is 12.5 Å². The summed E-state index contributed by atoms with van der Waals surface area (Å²) in [5.41, 5.74) is 5.70. The van der Waals surface area contributed by atoms with Crippen LogP contribution in [-0.2, 0) is 4.79 Å². The summed E-state index contributed by atoms with van der Waals surface area (Å²) in [5, 5.41) is 0. The molecule has 0 spiro atoms. The summed E-state index contributed by atoms with van der Waals surface area (Å²) >= 11 is 0. The van der Waals surface area contributed by atoms with E-state index in [4.69, 9.17) is 5.73 Å². The van der Waals surface area contributed by atoms with E-state index in [0.29, 0.717) is 12.8 Å². The Kier molecular flexibility index (Phi) is 7.28. The van der Waals surface area contributed by atoms with Crippen molar-refractivity contribution in [2.45, 2.75) is 52.3 Å². The van der Waals surface area contributed by atoms with Crippen molar-refractivity contribution in [1.29, 1.82) is 0 Å². The number of unbranched alkanes of at least 4 members (excludes halogenated alkanes) is 1. The number of halogens is 3. The zero-order valence-corrected chi connectivity index (χ0v) is 11.3. The molecule has 0 saturated carbocycles. The van der Waals surface area contributed by atoms with Crippen molar-refractivity contribution in [2.75, 3.05) is 13.1 Å². The molecule has 0 aliphatic rings. The summed E-state index contributed by atoms with van der Waals surface area (Å²) in [6.07, 6.45) is -2.42. The lowest BCUT2D eigenvalue weighted by Gasteiger charge is -2.28. The minimum absolute atomic E-state index is 0.110. The number of nitrogens with two attached hydrogens (primary N) is 1. The van der Waals surface area contributed by atoms with E-state index in [0.717, 1.165) is 11.3 Å². The van der Waals surface area contributed by atoms with Crippen molar-refractivity contribution in [1.82, 2.24) is 4.90 Å². The molecule has 0 aliphatic heterocycles. The summed E-state index contributed by atoms with van der Waals surface area (Å²) in [4.78, 5) is 12.8. The third-order valence-corrected chi connectivity index (χ3v) is 3.01. The Hall–Kier alpha value is -0.780. The van der Waals surface area contributed by atoms with E-state index in [2.05, 4.69) is 0 Å². The summed E-state index contributed by atoms with van der Waals surface area (Å²) in [6.45, 7) is 4.39. The molecule has 2 unspecified atom stereocenters. The standard InChI is InChI=1S/C12H23F3N2O/c1-4-6-7-17(8-12(13,14)15)11(18)10(16)9(3)5-2/h9-10H,4-8,16H2,1-3H3. The predicted octanol–water partition coefficient (Wildman–Crippen LogP) is 2.55. The highest BCUT2D eigenvalue weighted by Crippen LogP contribution is 2.18. The third-order valence-electron chi connectivity index (χ3n) is 3.01. The minimum atomic E-state index is -4.38. The van der Waals surface area contributed by atoms with E-state index in [1.807, 2.05) is 13.8 Å². The largest absolute Gasteiger partial charge is 0.406 e. The first kappa shape index (κ1) is 17.2. The highest BCUT2D eigenvalue weighted by atomic mass is 19.4. The Labute approximate surface area is 107 Å². The van der Waals surface area contributed by atoms with Crippen LogP contribution in [0.3, 0.4) is 0 Å². The number of amides is 1. The Morgan fingerprint density at radius 1 is 1.33 bits per heavy atom. The van der Waals surface area contributed by atoms with Gasteiger partial charge < -0.3 is 10.6 Å². The minimum Gasteiger partial charge on any atom is -0.332 e. The maximum atomic E-state index is 12.4. The van der Waals surface area contributed by atoms with E-state index >= 15 is 0 Å². The van der Waals surface area contributed by atoms with Crippen molar-refractivity contribution in [3.05, 3.63) is 0 Å². The van der Waals surface area contributed by atoms with Crippen molar-refractivity contribution in [3.8, 4) is 0 Å². The highest BCUT2D eigenvalue weighted by Gasteiger charge is 2.35. The molecule has 2 N–H and O–H groups in total. The number of rotatable bonds is 7. The van der Waals surface area contributed by atoms with Crippen LogP contribution in [0.4, 0.5) is 13.2 Å². The van der Waals surface area contributed by atoms with Crippen LogP contribution in [-0.4, -0.2) is 36.1 Å². The van der Waals surface area contributed by atoms with Crippen LogP contribution in [0, 0.1) is 5.92 Å². The van der Waals surface area contributed by atoms with Gasteiger partial charge in [0.05, 0.1) is 6.04 Å². The van der Waals surface area contributed by atoms with Crippen molar-refractivity contribution in [2.24, 2.45) is 11.7 Å².